The summed E-state index contributed by atoms with van der Waals surface area (Å²) in [4.78, 5) is 26.5. The van der Waals surface area contributed by atoms with Crippen molar-refractivity contribution in [3.63, 3.8) is 0 Å². The van der Waals surface area contributed by atoms with Crippen molar-refractivity contribution in [3.05, 3.63) is 0 Å². The second-order valence-electron chi connectivity index (χ2n) is 4.72. The second kappa shape index (κ2) is 4.82. The van der Waals surface area contributed by atoms with Gasteiger partial charge in [-0.15, -0.1) is 0 Å². The average molecular weight is 228 g/mol. The fraction of sp³-hybridized carbons (Fsp3) is 0.818. The van der Waals surface area contributed by atoms with Crippen molar-refractivity contribution in [3.8, 4) is 0 Å². The van der Waals surface area contributed by atoms with E-state index in [0.29, 0.717) is 13.1 Å². The van der Waals surface area contributed by atoms with Crippen molar-refractivity contribution >= 4 is 11.9 Å². The third-order valence-electron chi connectivity index (χ3n) is 3.17. The Labute approximate surface area is 96.0 Å². The van der Waals surface area contributed by atoms with E-state index in [0.717, 1.165) is 0 Å². The average Bonchev–Trinajstić information content (AvgIpc) is 2.29. The molecule has 0 aromatic rings. The molecule has 0 aliphatic carbocycles. The fourth-order valence-corrected chi connectivity index (χ4v) is 2.17. The number of nitrogens with zero attached hydrogens (tertiary/aromatic N) is 2. The Hall–Kier alpha value is -1.10. The molecule has 5 heteroatoms. The van der Waals surface area contributed by atoms with Crippen LogP contribution in [0.2, 0.25) is 0 Å². The lowest BCUT2D eigenvalue weighted by Gasteiger charge is -2.30. The Morgan fingerprint density at radius 3 is 2.44 bits per heavy atom. The lowest BCUT2D eigenvalue weighted by atomic mass is 10.1. The Balaban J connectivity index is 2.94. The van der Waals surface area contributed by atoms with Gasteiger partial charge in [0.2, 0.25) is 5.91 Å². The molecule has 1 saturated heterocycles. The molecule has 92 valence electrons. The minimum absolute atomic E-state index is 0.00236. The van der Waals surface area contributed by atoms with E-state index in [4.69, 9.17) is 5.11 Å². The molecule has 2 unspecified atom stereocenters. The van der Waals surface area contributed by atoms with Crippen LogP contribution in [-0.2, 0) is 9.59 Å². The van der Waals surface area contributed by atoms with E-state index in [9.17, 15) is 9.59 Å². The van der Waals surface area contributed by atoms with Gasteiger partial charge in [-0.25, -0.2) is 0 Å². The SMILES string of the molecule is CC(C)N1CC(C(=O)O)CN(C)C(=O)C1C. The summed E-state index contributed by atoms with van der Waals surface area (Å²) >= 11 is 0. The van der Waals surface area contributed by atoms with Gasteiger partial charge in [0.15, 0.2) is 0 Å². The summed E-state index contributed by atoms with van der Waals surface area (Å²) in [5, 5.41) is 9.09. The number of carbonyl (C=O) groups is 2. The van der Waals surface area contributed by atoms with E-state index >= 15 is 0 Å². The highest BCUT2D eigenvalue weighted by atomic mass is 16.4. The highest BCUT2D eigenvalue weighted by Crippen LogP contribution is 2.17. The van der Waals surface area contributed by atoms with Crippen molar-refractivity contribution in [2.24, 2.45) is 5.92 Å². The van der Waals surface area contributed by atoms with Gasteiger partial charge in [0.05, 0.1) is 12.0 Å². The summed E-state index contributed by atoms with van der Waals surface area (Å²) in [5.41, 5.74) is 0. The molecule has 0 saturated carbocycles. The number of aliphatic carboxylic acids is 1. The van der Waals surface area contributed by atoms with Gasteiger partial charge in [0, 0.05) is 26.2 Å². The lowest BCUT2D eigenvalue weighted by Crippen LogP contribution is -2.46. The first-order chi connectivity index (χ1) is 7.34. The smallest absolute Gasteiger partial charge is 0.309 e. The molecule has 16 heavy (non-hydrogen) atoms. The minimum Gasteiger partial charge on any atom is -0.481 e. The summed E-state index contributed by atoms with van der Waals surface area (Å²) < 4.78 is 0. The van der Waals surface area contributed by atoms with Gasteiger partial charge in [-0.1, -0.05) is 0 Å². The van der Waals surface area contributed by atoms with Crippen molar-refractivity contribution < 1.29 is 14.7 Å². The number of carboxylic acid groups (broad SMARTS) is 1. The van der Waals surface area contributed by atoms with Crippen LogP contribution in [-0.4, -0.2) is 59.0 Å². The van der Waals surface area contributed by atoms with Gasteiger partial charge in [-0.2, -0.15) is 0 Å². The summed E-state index contributed by atoms with van der Waals surface area (Å²) in [5.74, 6) is -1.34. The minimum atomic E-state index is -0.834. The predicted molar refractivity (Wildman–Crippen MR) is 60.1 cm³/mol. The molecule has 1 fully saturated rings. The van der Waals surface area contributed by atoms with Crippen LogP contribution in [0.5, 0.6) is 0 Å². The normalized spacial score (nSPS) is 28.3. The molecule has 1 aliphatic rings. The zero-order valence-corrected chi connectivity index (χ0v) is 10.3. The van der Waals surface area contributed by atoms with Crippen LogP contribution in [0.1, 0.15) is 20.8 Å². The van der Waals surface area contributed by atoms with E-state index in [2.05, 4.69) is 0 Å². The standard InChI is InChI=1S/C11H20N2O3/c1-7(2)13-6-9(11(15)16)5-12(4)10(14)8(13)3/h7-9H,5-6H2,1-4H3,(H,15,16). The molecule has 1 N–H and O–H groups in total. The van der Waals surface area contributed by atoms with Crippen molar-refractivity contribution in [1.82, 2.24) is 9.80 Å². The molecule has 2 atom stereocenters. The van der Waals surface area contributed by atoms with E-state index in [1.54, 1.807) is 7.05 Å². The van der Waals surface area contributed by atoms with Gasteiger partial charge in [-0.05, 0) is 20.8 Å². The molecule has 5 nitrogen and oxygen atoms in total. The quantitative estimate of drug-likeness (QED) is 0.736. The third kappa shape index (κ3) is 2.52. The Morgan fingerprint density at radius 1 is 1.44 bits per heavy atom. The van der Waals surface area contributed by atoms with E-state index in [1.165, 1.54) is 4.90 Å². The number of amides is 1. The number of hydrogen-bond acceptors (Lipinski definition) is 3. The number of carbonyl (C=O) groups excluding carboxylic acids is 1. The molecule has 1 heterocycles. The summed E-state index contributed by atoms with van der Waals surface area (Å²) in [6.07, 6.45) is 0. The Bertz CT molecular complexity index is 291. The highest BCUT2D eigenvalue weighted by Gasteiger charge is 2.35. The lowest BCUT2D eigenvalue weighted by molar-refractivity contribution is -0.142. The maximum atomic E-state index is 11.9. The molecule has 1 aliphatic heterocycles. The molecular formula is C11H20N2O3. The van der Waals surface area contributed by atoms with E-state index in [1.807, 2.05) is 25.7 Å². The highest BCUT2D eigenvalue weighted by molar-refractivity contribution is 5.83. The Kier molecular flexibility index (Phi) is 3.91. The maximum Gasteiger partial charge on any atom is 0.309 e. The zero-order valence-electron chi connectivity index (χ0n) is 10.3. The third-order valence-corrected chi connectivity index (χ3v) is 3.17. The molecule has 0 aromatic heterocycles. The molecule has 1 amide bonds. The molecule has 1 rings (SSSR count). The first kappa shape index (κ1) is 13.0. The molecule has 0 aromatic carbocycles. The number of likely N-dealkylation sites (N-methyl/N-ethyl adjacent to an activating group) is 1. The molecular weight excluding hydrogens is 208 g/mol. The topological polar surface area (TPSA) is 60.9 Å². The van der Waals surface area contributed by atoms with Crippen molar-refractivity contribution in [2.45, 2.75) is 32.9 Å². The second-order valence-corrected chi connectivity index (χ2v) is 4.72. The zero-order chi connectivity index (χ0) is 12.5. The van der Waals surface area contributed by atoms with Crippen LogP contribution in [0, 0.1) is 5.92 Å². The van der Waals surface area contributed by atoms with E-state index < -0.39 is 11.9 Å². The largest absolute Gasteiger partial charge is 0.481 e. The summed E-state index contributed by atoms with van der Waals surface area (Å²) in [7, 11) is 1.67. The molecule has 0 spiro atoms. The van der Waals surface area contributed by atoms with Crippen molar-refractivity contribution in [2.75, 3.05) is 20.1 Å². The molecule has 0 radical (unpaired) electrons. The van der Waals surface area contributed by atoms with Gasteiger partial charge in [0.1, 0.15) is 0 Å². The van der Waals surface area contributed by atoms with Crippen LogP contribution in [0.15, 0.2) is 0 Å². The number of rotatable bonds is 2. The fourth-order valence-electron chi connectivity index (χ4n) is 2.17. The molecule has 0 bridgehead atoms. The first-order valence-corrected chi connectivity index (χ1v) is 5.58. The van der Waals surface area contributed by atoms with Gasteiger partial charge >= 0.3 is 5.97 Å². The summed E-state index contributed by atoms with van der Waals surface area (Å²) in [6, 6.07) is -0.0679. The van der Waals surface area contributed by atoms with Crippen LogP contribution in [0.4, 0.5) is 0 Å². The monoisotopic (exact) mass is 228 g/mol. The predicted octanol–water partition coefficient (Wildman–Crippen LogP) is 0.258. The van der Waals surface area contributed by atoms with Crippen LogP contribution < -0.4 is 0 Å². The van der Waals surface area contributed by atoms with Crippen LogP contribution in [0.25, 0.3) is 0 Å². The van der Waals surface area contributed by atoms with Gasteiger partial charge < -0.3 is 10.0 Å². The van der Waals surface area contributed by atoms with Crippen LogP contribution >= 0.6 is 0 Å². The maximum absolute atomic E-state index is 11.9. The summed E-state index contributed by atoms with van der Waals surface area (Å²) in [6.45, 7) is 6.52. The van der Waals surface area contributed by atoms with Crippen LogP contribution in [0.3, 0.4) is 0 Å². The number of carboxylic acids is 1. The Morgan fingerprint density at radius 2 is 2.00 bits per heavy atom. The van der Waals surface area contributed by atoms with Gasteiger partial charge in [-0.3, -0.25) is 14.5 Å². The van der Waals surface area contributed by atoms with Gasteiger partial charge in [0.25, 0.3) is 0 Å². The number of hydrogen-bond donors (Lipinski definition) is 1. The first-order valence-electron chi connectivity index (χ1n) is 5.58. The van der Waals surface area contributed by atoms with E-state index in [-0.39, 0.29) is 18.0 Å². The van der Waals surface area contributed by atoms with Crippen molar-refractivity contribution in [1.29, 1.82) is 0 Å².